The first-order chi connectivity index (χ1) is 12.0. The SMILES string of the molecule is CC(C)Cc1cn(-c2ncn3c4cccc(F)c4c(=O)n(C)c23)nn1. The summed E-state index contributed by atoms with van der Waals surface area (Å²) in [5, 5.41) is 8.34. The Morgan fingerprint density at radius 1 is 1.28 bits per heavy atom. The van der Waals surface area contributed by atoms with Crippen molar-refractivity contribution in [3.63, 3.8) is 0 Å². The second kappa shape index (κ2) is 5.51. The van der Waals surface area contributed by atoms with Crippen molar-refractivity contribution >= 4 is 16.6 Å². The van der Waals surface area contributed by atoms with Gasteiger partial charge in [-0.25, -0.2) is 9.37 Å². The molecule has 0 unspecified atom stereocenters. The Morgan fingerprint density at radius 3 is 2.84 bits per heavy atom. The summed E-state index contributed by atoms with van der Waals surface area (Å²) in [5.41, 5.74) is 1.45. The average molecular weight is 340 g/mol. The number of hydrogen-bond donors (Lipinski definition) is 0. The van der Waals surface area contributed by atoms with Gasteiger partial charge in [0.15, 0.2) is 11.5 Å². The molecule has 7 nitrogen and oxygen atoms in total. The molecule has 0 atom stereocenters. The van der Waals surface area contributed by atoms with Crippen LogP contribution in [0.1, 0.15) is 19.5 Å². The number of benzene rings is 1. The van der Waals surface area contributed by atoms with Crippen molar-refractivity contribution in [2.45, 2.75) is 20.3 Å². The fraction of sp³-hybridized carbons (Fsp3) is 0.294. The van der Waals surface area contributed by atoms with Gasteiger partial charge in [0.2, 0.25) is 0 Å². The summed E-state index contributed by atoms with van der Waals surface area (Å²) in [6, 6.07) is 4.55. The molecule has 8 heteroatoms. The van der Waals surface area contributed by atoms with Crippen molar-refractivity contribution < 1.29 is 4.39 Å². The van der Waals surface area contributed by atoms with Gasteiger partial charge in [-0.1, -0.05) is 25.1 Å². The molecule has 0 saturated heterocycles. The summed E-state index contributed by atoms with van der Waals surface area (Å²) in [6.07, 6.45) is 4.18. The molecule has 0 radical (unpaired) electrons. The van der Waals surface area contributed by atoms with Crippen molar-refractivity contribution in [2.24, 2.45) is 13.0 Å². The van der Waals surface area contributed by atoms with E-state index in [0.717, 1.165) is 12.1 Å². The van der Waals surface area contributed by atoms with Crippen LogP contribution in [0.5, 0.6) is 0 Å². The van der Waals surface area contributed by atoms with E-state index in [4.69, 9.17) is 0 Å². The molecule has 3 aromatic heterocycles. The van der Waals surface area contributed by atoms with E-state index >= 15 is 0 Å². The molecule has 4 aromatic rings. The topological polar surface area (TPSA) is 70.0 Å². The third-order valence-corrected chi connectivity index (χ3v) is 4.19. The highest BCUT2D eigenvalue weighted by molar-refractivity contribution is 5.82. The number of nitrogens with zero attached hydrogens (tertiary/aromatic N) is 6. The highest BCUT2D eigenvalue weighted by Crippen LogP contribution is 2.20. The molecule has 3 heterocycles. The largest absolute Gasteiger partial charge is 0.294 e. The molecule has 128 valence electrons. The molecule has 4 rings (SSSR count). The van der Waals surface area contributed by atoms with E-state index in [0.29, 0.717) is 22.9 Å². The molecular formula is C17H17FN6O. The van der Waals surface area contributed by atoms with Crippen LogP contribution >= 0.6 is 0 Å². The molecule has 0 fully saturated rings. The molecule has 0 saturated carbocycles. The maximum Gasteiger partial charge on any atom is 0.264 e. The van der Waals surface area contributed by atoms with Crippen LogP contribution < -0.4 is 5.56 Å². The molecule has 25 heavy (non-hydrogen) atoms. The van der Waals surface area contributed by atoms with Crippen LogP contribution in [0.25, 0.3) is 22.4 Å². The highest BCUT2D eigenvalue weighted by Gasteiger charge is 2.18. The van der Waals surface area contributed by atoms with Crippen LogP contribution in [0.2, 0.25) is 0 Å². The first-order valence-electron chi connectivity index (χ1n) is 8.03. The second-order valence-electron chi connectivity index (χ2n) is 6.51. The molecule has 0 bridgehead atoms. The fourth-order valence-corrected chi connectivity index (χ4v) is 3.08. The van der Waals surface area contributed by atoms with Gasteiger partial charge in [0.05, 0.1) is 22.8 Å². The zero-order valence-corrected chi connectivity index (χ0v) is 14.1. The lowest BCUT2D eigenvalue weighted by molar-refractivity contribution is 0.633. The van der Waals surface area contributed by atoms with Gasteiger partial charge >= 0.3 is 0 Å². The summed E-state index contributed by atoms with van der Waals surface area (Å²) < 4.78 is 18.8. The first-order valence-corrected chi connectivity index (χ1v) is 8.03. The third-order valence-electron chi connectivity index (χ3n) is 4.19. The Bertz CT molecular complexity index is 1150. The zero-order valence-electron chi connectivity index (χ0n) is 14.1. The fourth-order valence-electron chi connectivity index (χ4n) is 3.08. The molecule has 0 spiro atoms. The number of hydrogen-bond acceptors (Lipinski definition) is 4. The number of aromatic nitrogens is 6. The van der Waals surface area contributed by atoms with Gasteiger partial charge in [0, 0.05) is 7.05 Å². The van der Waals surface area contributed by atoms with Gasteiger partial charge < -0.3 is 0 Å². The Balaban J connectivity index is 2.00. The van der Waals surface area contributed by atoms with E-state index in [1.54, 1.807) is 34.6 Å². The average Bonchev–Trinajstić information content (AvgIpc) is 3.18. The summed E-state index contributed by atoms with van der Waals surface area (Å²) in [6.45, 7) is 4.21. The van der Waals surface area contributed by atoms with E-state index in [1.165, 1.54) is 10.6 Å². The normalized spacial score (nSPS) is 11.9. The lowest BCUT2D eigenvalue weighted by Gasteiger charge is -2.08. The lowest BCUT2D eigenvalue weighted by atomic mass is 10.1. The quantitative estimate of drug-likeness (QED) is 0.573. The Morgan fingerprint density at radius 2 is 2.08 bits per heavy atom. The first kappa shape index (κ1) is 15.5. The highest BCUT2D eigenvalue weighted by atomic mass is 19.1. The van der Waals surface area contributed by atoms with E-state index in [1.807, 2.05) is 6.20 Å². The standard InChI is InChI=1S/C17H17FN6O/c1-10(2)7-11-8-24(21-20-11)15-16-22(3)17(25)14-12(18)5-4-6-13(14)23(16)9-19-15/h4-6,8-10H,7H2,1-3H3. The van der Waals surface area contributed by atoms with Gasteiger partial charge in [-0.3, -0.25) is 13.8 Å². The monoisotopic (exact) mass is 340 g/mol. The smallest absolute Gasteiger partial charge is 0.264 e. The van der Waals surface area contributed by atoms with Gasteiger partial charge in [-0.15, -0.1) is 5.10 Å². The second-order valence-corrected chi connectivity index (χ2v) is 6.51. The molecule has 0 aliphatic heterocycles. The molecule has 1 aromatic carbocycles. The summed E-state index contributed by atoms with van der Waals surface area (Å²) in [4.78, 5) is 17.0. The van der Waals surface area contributed by atoms with Gasteiger partial charge in [-0.2, -0.15) is 4.68 Å². The van der Waals surface area contributed by atoms with E-state index < -0.39 is 11.4 Å². The minimum Gasteiger partial charge on any atom is -0.294 e. The van der Waals surface area contributed by atoms with Gasteiger partial charge in [0.1, 0.15) is 12.1 Å². The molecule has 0 N–H and O–H groups in total. The summed E-state index contributed by atoms with van der Waals surface area (Å²) in [7, 11) is 1.60. The van der Waals surface area contributed by atoms with Gasteiger partial charge in [0.25, 0.3) is 5.56 Å². The maximum atomic E-state index is 14.1. The maximum absolute atomic E-state index is 14.1. The van der Waals surface area contributed by atoms with Crippen molar-refractivity contribution in [1.82, 2.24) is 28.9 Å². The van der Waals surface area contributed by atoms with E-state index in [2.05, 4.69) is 29.1 Å². The van der Waals surface area contributed by atoms with E-state index in [-0.39, 0.29) is 5.39 Å². The predicted octanol–water partition coefficient (Wildman–Crippen LogP) is 2.10. The van der Waals surface area contributed by atoms with Crippen LogP contribution in [0.15, 0.2) is 35.5 Å². The molecule has 0 amide bonds. The van der Waals surface area contributed by atoms with Crippen molar-refractivity contribution in [1.29, 1.82) is 0 Å². The summed E-state index contributed by atoms with van der Waals surface area (Å²) in [5.74, 6) is 0.392. The van der Waals surface area contributed by atoms with Crippen molar-refractivity contribution in [2.75, 3.05) is 0 Å². The van der Waals surface area contributed by atoms with Crippen LogP contribution in [0.3, 0.4) is 0 Å². The predicted molar refractivity (Wildman–Crippen MR) is 91.4 cm³/mol. The Hall–Kier alpha value is -3.03. The molecular weight excluding hydrogens is 323 g/mol. The van der Waals surface area contributed by atoms with Crippen molar-refractivity contribution in [3.05, 3.63) is 52.6 Å². The van der Waals surface area contributed by atoms with Crippen LogP contribution in [-0.2, 0) is 13.5 Å². The number of halogens is 1. The van der Waals surface area contributed by atoms with Gasteiger partial charge in [-0.05, 0) is 24.5 Å². The minimum atomic E-state index is -0.546. The molecule has 0 aliphatic rings. The zero-order chi connectivity index (χ0) is 17.7. The lowest BCUT2D eigenvalue weighted by Crippen LogP contribution is -2.21. The number of fused-ring (bicyclic) bond motifs is 3. The van der Waals surface area contributed by atoms with Crippen molar-refractivity contribution in [3.8, 4) is 5.82 Å². The Labute approximate surface area is 142 Å². The molecule has 0 aliphatic carbocycles. The number of rotatable bonds is 3. The summed E-state index contributed by atoms with van der Waals surface area (Å²) >= 11 is 0. The third kappa shape index (κ3) is 2.33. The van der Waals surface area contributed by atoms with Crippen LogP contribution in [-0.4, -0.2) is 28.9 Å². The van der Waals surface area contributed by atoms with Crippen LogP contribution in [0, 0.1) is 11.7 Å². The van der Waals surface area contributed by atoms with E-state index in [9.17, 15) is 9.18 Å². The van der Waals surface area contributed by atoms with Crippen LogP contribution in [0.4, 0.5) is 4.39 Å². The number of imidazole rings is 1. The number of aryl methyl sites for hydroxylation is 1. The minimum absolute atomic E-state index is 0.0422. The Kier molecular flexibility index (Phi) is 3.41.